The van der Waals surface area contributed by atoms with Crippen LogP contribution in [0, 0.1) is 17.1 Å². The van der Waals surface area contributed by atoms with Crippen molar-refractivity contribution in [3.63, 3.8) is 0 Å². The number of carboxylic acid groups (broad SMARTS) is 1. The number of hydrogen-bond acceptors (Lipinski definition) is 4. The molecule has 2 heterocycles. The van der Waals surface area contributed by atoms with Gasteiger partial charge in [0.1, 0.15) is 17.6 Å². The third kappa shape index (κ3) is 3.31. The van der Waals surface area contributed by atoms with E-state index in [0.717, 1.165) is 12.8 Å². The normalized spacial score (nSPS) is 18.5. The van der Waals surface area contributed by atoms with Crippen LogP contribution in [0.2, 0.25) is 0 Å². The Balaban J connectivity index is 1.81. The van der Waals surface area contributed by atoms with Crippen molar-refractivity contribution in [2.24, 2.45) is 0 Å². The fraction of sp³-hybridized carbons (Fsp3) is 0.292. The Hall–Kier alpha value is -3.70. The minimum absolute atomic E-state index is 0.0391. The van der Waals surface area contributed by atoms with Crippen molar-refractivity contribution < 1.29 is 19.0 Å². The van der Waals surface area contributed by atoms with E-state index in [0.29, 0.717) is 34.1 Å². The summed E-state index contributed by atoms with van der Waals surface area (Å²) in [5.74, 6) is -0.447. The number of halogens is 1. The van der Waals surface area contributed by atoms with E-state index in [-0.39, 0.29) is 30.4 Å². The van der Waals surface area contributed by atoms with E-state index in [1.54, 1.807) is 30.3 Å². The van der Waals surface area contributed by atoms with E-state index in [9.17, 15) is 24.3 Å². The van der Waals surface area contributed by atoms with Gasteiger partial charge < -0.3 is 9.84 Å². The fourth-order valence-electron chi connectivity index (χ4n) is 4.48. The maximum atomic E-state index is 14.1. The first-order valence-corrected chi connectivity index (χ1v) is 10.4. The first-order chi connectivity index (χ1) is 15.5. The van der Waals surface area contributed by atoms with Gasteiger partial charge in [-0.3, -0.25) is 14.3 Å². The standard InChI is InChI=1S/C24H20FN3O4/c25-16-3-1-2-15(10-16)22-19-11-14(21-13-32-9-8-27(21)24(30)31)4-7-18(19)23(29)28(17-5-6-17)20(22)12-26/h1-4,7,10-11,17,21H,5-6,8-9,13H2,(H,30,31). The number of hydrogen-bond donors (Lipinski definition) is 1. The summed E-state index contributed by atoms with van der Waals surface area (Å²) < 4.78 is 21.1. The van der Waals surface area contributed by atoms with Gasteiger partial charge in [-0.25, -0.2) is 9.18 Å². The number of carbonyl (C=O) groups is 1. The van der Waals surface area contributed by atoms with Crippen LogP contribution in [-0.2, 0) is 4.74 Å². The lowest BCUT2D eigenvalue weighted by atomic mass is 9.93. The molecule has 2 aromatic carbocycles. The van der Waals surface area contributed by atoms with Gasteiger partial charge in [0.05, 0.1) is 19.3 Å². The molecular weight excluding hydrogens is 413 g/mol. The second kappa shape index (κ2) is 7.77. The zero-order chi connectivity index (χ0) is 22.4. The summed E-state index contributed by atoms with van der Waals surface area (Å²) >= 11 is 0. The maximum Gasteiger partial charge on any atom is 0.407 e. The molecular formula is C24H20FN3O4. The molecule has 1 saturated heterocycles. The molecule has 2 aliphatic rings. The summed E-state index contributed by atoms with van der Waals surface area (Å²) in [5, 5.41) is 20.5. The molecule has 5 rings (SSSR count). The Morgan fingerprint density at radius 3 is 2.69 bits per heavy atom. The van der Waals surface area contributed by atoms with Crippen LogP contribution in [0.25, 0.3) is 21.9 Å². The smallest absolute Gasteiger partial charge is 0.407 e. The number of morpholine rings is 1. The molecule has 7 nitrogen and oxygen atoms in total. The van der Waals surface area contributed by atoms with Crippen molar-refractivity contribution in [3.05, 3.63) is 69.9 Å². The molecule has 1 unspecified atom stereocenters. The molecule has 1 aromatic heterocycles. The Morgan fingerprint density at radius 1 is 1.19 bits per heavy atom. The molecule has 2 fully saturated rings. The highest BCUT2D eigenvalue weighted by molar-refractivity contribution is 5.98. The van der Waals surface area contributed by atoms with Crippen LogP contribution in [0.15, 0.2) is 47.3 Å². The van der Waals surface area contributed by atoms with Crippen molar-refractivity contribution >= 4 is 16.9 Å². The van der Waals surface area contributed by atoms with E-state index in [4.69, 9.17) is 4.74 Å². The predicted octanol–water partition coefficient (Wildman–Crippen LogP) is 4.07. The Kier molecular flexibility index (Phi) is 4.91. The third-order valence-electron chi connectivity index (χ3n) is 6.13. The van der Waals surface area contributed by atoms with Crippen molar-refractivity contribution in [2.75, 3.05) is 19.8 Å². The van der Waals surface area contributed by atoms with Gasteiger partial charge in [-0.05, 0) is 53.6 Å². The minimum Gasteiger partial charge on any atom is -0.465 e. The van der Waals surface area contributed by atoms with E-state index in [2.05, 4.69) is 6.07 Å². The van der Waals surface area contributed by atoms with Gasteiger partial charge in [0.2, 0.25) is 0 Å². The number of rotatable bonds is 3. The Bertz CT molecular complexity index is 1340. The zero-order valence-corrected chi connectivity index (χ0v) is 17.1. The summed E-state index contributed by atoms with van der Waals surface area (Å²) in [7, 11) is 0. The lowest BCUT2D eigenvalue weighted by molar-refractivity contribution is -0.000854. The maximum absolute atomic E-state index is 14.1. The summed E-state index contributed by atoms with van der Waals surface area (Å²) in [4.78, 5) is 26.4. The van der Waals surface area contributed by atoms with E-state index in [1.807, 2.05) is 0 Å². The number of benzene rings is 2. The van der Waals surface area contributed by atoms with E-state index >= 15 is 0 Å². The molecule has 1 aliphatic carbocycles. The summed E-state index contributed by atoms with van der Waals surface area (Å²) in [5.41, 5.74) is 1.57. The molecule has 1 N–H and O–H groups in total. The average Bonchev–Trinajstić information content (AvgIpc) is 3.63. The van der Waals surface area contributed by atoms with Crippen LogP contribution < -0.4 is 5.56 Å². The fourth-order valence-corrected chi connectivity index (χ4v) is 4.48. The zero-order valence-electron chi connectivity index (χ0n) is 17.1. The van der Waals surface area contributed by atoms with Crippen molar-refractivity contribution in [1.29, 1.82) is 5.26 Å². The highest BCUT2D eigenvalue weighted by Gasteiger charge is 2.32. The predicted molar refractivity (Wildman–Crippen MR) is 115 cm³/mol. The van der Waals surface area contributed by atoms with Gasteiger partial charge in [-0.2, -0.15) is 5.26 Å². The largest absolute Gasteiger partial charge is 0.465 e. The Labute approximate surface area is 182 Å². The first-order valence-electron chi connectivity index (χ1n) is 10.4. The van der Waals surface area contributed by atoms with E-state index < -0.39 is 18.0 Å². The van der Waals surface area contributed by atoms with Crippen LogP contribution in [0.1, 0.15) is 36.2 Å². The highest BCUT2D eigenvalue weighted by atomic mass is 19.1. The monoisotopic (exact) mass is 433 g/mol. The molecule has 0 spiro atoms. The van der Waals surface area contributed by atoms with Crippen LogP contribution in [0.5, 0.6) is 0 Å². The van der Waals surface area contributed by atoms with E-state index in [1.165, 1.54) is 21.6 Å². The molecule has 0 bridgehead atoms. The summed E-state index contributed by atoms with van der Waals surface area (Å²) in [6.07, 6.45) is 0.576. The molecule has 1 aliphatic heterocycles. The Morgan fingerprint density at radius 2 is 2.00 bits per heavy atom. The topological polar surface area (TPSA) is 95.6 Å². The second-order valence-corrected chi connectivity index (χ2v) is 8.12. The summed E-state index contributed by atoms with van der Waals surface area (Å²) in [6.45, 7) is 0.745. The van der Waals surface area contributed by atoms with Gasteiger partial charge in [-0.1, -0.05) is 18.2 Å². The third-order valence-corrected chi connectivity index (χ3v) is 6.13. The molecule has 8 heteroatoms. The van der Waals surface area contributed by atoms with Gasteiger partial charge in [0, 0.05) is 23.5 Å². The molecule has 32 heavy (non-hydrogen) atoms. The quantitative estimate of drug-likeness (QED) is 0.672. The summed E-state index contributed by atoms with van der Waals surface area (Å²) in [6, 6.07) is 12.7. The number of nitriles is 1. The van der Waals surface area contributed by atoms with Gasteiger partial charge >= 0.3 is 6.09 Å². The van der Waals surface area contributed by atoms with Crippen LogP contribution in [0.4, 0.5) is 9.18 Å². The van der Waals surface area contributed by atoms with Gasteiger partial charge in [0.25, 0.3) is 5.56 Å². The number of amides is 1. The number of nitrogens with zero attached hydrogens (tertiary/aromatic N) is 3. The molecule has 162 valence electrons. The molecule has 1 amide bonds. The molecule has 3 aromatic rings. The molecule has 1 saturated carbocycles. The lowest BCUT2D eigenvalue weighted by Gasteiger charge is -2.34. The average molecular weight is 433 g/mol. The van der Waals surface area contributed by atoms with Crippen molar-refractivity contribution in [1.82, 2.24) is 9.47 Å². The molecule has 0 radical (unpaired) electrons. The second-order valence-electron chi connectivity index (χ2n) is 8.12. The number of aromatic nitrogens is 1. The number of ether oxygens (including phenoxy) is 1. The number of pyridine rings is 1. The van der Waals surface area contributed by atoms with Crippen molar-refractivity contribution in [3.8, 4) is 17.2 Å². The molecule has 1 atom stereocenters. The van der Waals surface area contributed by atoms with Crippen LogP contribution >= 0.6 is 0 Å². The highest BCUT2D eigenvalue weighted by Crippen LogP contribution is 2.40. The van der Waals surface area contributed by atoms with Crippen LogP contribution in [-0.4, -0.2) is 40.4 Å². The number of fused-ring (bicyclic) bond motifs is 1. The van der Waals surface area contributed by atoms with Crippen molar-refractivity contribution in [2.45, 2.75) is 24.9 Å². The van der Waals surface area contributed by atoms with Gasteiger partial charge in [-0.15, -0.1) is 0 Å². The van der Waals surface area contributed by atoms with Crippen LogP contribution in [0.3, 0.4) is 0 Å². The SMILES string of the molecule is N#Cc1c(-c2cccc(F)c2)c2cc(C3COCCN3C(=O)O)ccc2c(=O)n1C1CC1. The lowest BCUT2D eigenvalue weighted by Crippen LogP contribution is -2.42. The first kappa shape index (κ1) is 20.2. The van der Waals surface area contributed by atoms with Gasteiger partial charge in [0.15, 0.2) is 0 Å². The minimum atomic E-state index is -1.05.